The van der Waals surface area contributed by atoms with E-state index in [1.807, 2.05) is 12.1 Å². The summed E-state index contributed by atoms with van der Waals surface area (Å²) in [5.74, 6) is 0.948. The van der Waals surface area contributed by atoms with Gasteiger partial charge in [-0.15, -0.1) is 0 Å². The summed E-state index contributed by atoms with van der Waals surface area (Å²) in [6.45, 7) is 3.78. The minimum Gasteiger partial charge on any atom is -0.381 e. The van der Waals surface area contributed by atoms with Gasteiger partial charge in [0.25, 0.3) is 5.69 Å². The molecular formula is C18H20N6O2. The molecule has 0 spiro atoms. The van der Waals surface area contributed by atoms with Gasteiger partial charge in [-0.25, -0.2) is 9.97 Å². The Morgan fingerprint density at radius 2 is 2.12 bits per heavy atom. The van der Waals surface area contributed by atoms with Crippen molar-refractivity contribution < 1.29 is 4.92 Å². The number of nitrogens with one attached hydrogen (secondary N) is 1. The van der Waals surface area contributed by atoms with E-state index in [9.17, 15) is 15.4 Å². The number of nitrogens with zero attached hydrogens (tertiary/aromatic N) is 5. The molecule has 8 heteroatoms. The van der Waals surface area contributed by atoms with E-state index in [0.717, 1.165) is 43.9 Å². The topological polar surface area (TPSA) is 108 Å². The highest BCUT2D eigenvalue weighted by Crippen LogP contribution is 2.25. The number of benzene rings is 1. The number of rotatable bonds is 5. The second-order valence-corrected chi connectivity index (χ2v) is 6.23. The van der Waals surface area contributed by atoms with Crippen LogP contribution in [0.4, 0.5) is 17.2 Å². The molecule has 0 bridgehead atoms. The summed E-state index contributed by atoms with van der Waals surface area (Å²) in [4.78, 5) is 21.2. The molecule has 0 aliphatic carbocycles. The number of anilines is 2. The molecular weight excluding hydrogens is 332 g/mol. The molecule has 2 heterocycles. The zero-order valence-electron chi connectivity index (χ0n) is 14.6. The maximum absolute atomic E-state index is 10.8. The Bertz CT molecular complexity index is 840. The highest BCUT2D eigenvalue weighted by Gasteiger charge is 2.21. The number of aromatic nitrogens is 2. The van der Waals surface area contributed by atoms with E-state index in [-0.39, 0.29) is 11.7 Å². The number of nitriles is 1. The van der Waals surface area contributed by atoms with Crippen LogP contribution in [0.25, 0.3) is 0 Å². The van der Waals surface area contributed by atoms with Gasteiger partial charge >= 0.3 is 0 Å². The molecule has 1 aromatic carbocycles. The van der Waals surface area contributed by atoms with Gasteiger partial charge in [-0.2, -0.15) is 5.26 Å². The van der Waals surface area contributed by atoms with Gasteiger partial charge in [-0.3, -0.25) is 10.1 Å². The summed E-state index contributed by atoms with van der Waals surface area (Å²) in [6.07, 6.45) is 4.28. The van der Waals surface area contributed by atoms with Crippen molar-refractivity contribution in [2.75, 3.05) is 23.3 Å². The largest absolute Gasteiger partial charge is 0.381 e. The fraction of sp³-hybridized carbons (Fsp3) is 0.389. The van der Waals surface area contributed by atoms with Crippen molar-refractivity contribution in [1.29, 1.82) is 5.26 Å². The molecule has 1 aliphatic heterocycles. The second-order valence-electron chi connectivity index (χ2n) is 6.23. The summed E-state index contributed by atoms with van der Waals surface area (Å²) in [7, 11) is 0. The van der Waals surface area contributed by atoms with E-state index < -0.39 is 4.92 Å². The molecule has 3 rings (SSSR count). The molecule has 0 amide bonds. The van der Waals surface area contributed by atoms with Crippen LogP contribution in [0.2, 0.25) is 0 Å². The Morgan fingerprint density at radius 3 is 2.77 bits per heavy atom. The highest BCUT2D eigenvalue weighted by atomic mass is 16.6. The molecule has 1 aliphatic rings. The van der Waals surface area contributed by atoms with E-state index >= 15 is 0 Å². The number of piperidine rings is 1. The normalized spacial score (nSPS) is 14.7. The molecule has 0 atom stereocenters. The quantitative estimate of drug-likeness (QED) is 0.651. The van der Waals surface area contributed by atoms with Crippen LogP contribution in [0.1, 0.15) is 31.0 Å². The number of hydrogen-bond acceptors (Lipinski definition) is 7. The van der Waals surface area contributed by atoms with Crippen molar-refractivity contribution in [2.45, 2.75) is 32.2 Å². The minimum absolute atomic E-state index is 0.0718. The molecule has 1 aromatic heterocycles. The van der Waals surface area contributed by atoms with Crippen LogP contribution in [-0.2, 0) is 6.42 Å². The van der Waals surface area contributed by atoms with Crippen molar-refractivity contribution in [3.05, 3.63) is 52.0 Å². The average Bonchev–Trinajstić information content (AvgIpc) is 2.68. The van der Waals surface area contributed by atoms with Crippen LogP contribution in [0, 0.1) is 21.4 Å². The van der Waals surface area contributed by atoms with Gasteiger partial charge in [0.1, 0.15) is 18.2 Å². The molecule has 134 valence electrons. The summed E-state index contributed by atoms with van der Waals surface area (Å²) in [5, 5.41) is 23.5. The fourth-order valence-electron chi connectivity index (χ4n) is 3.09. The van der Waals surface area contributed by atoms with Gasteiger partial charge in [0.2, 0.25) is 0 Å². The SMILES string of the molecule is CCc1cc(N2CCC(Nc3ccc([N+](=O)[O-])cc3C#N)CC2)ncn1. The Balaban J connectivity index is 1.64. The van der Waals surface area contributed by atoms with Gasteiger partial charge < -0.3 is 10.2 Å². The van der Waals surface area contributed by atoms with Gasteiger partial charge in [0, 0.05) is 43.0 Å². The standard InChI is InChI=1S/C18H20N6O2/c1-2-14-10-18(21-12-20-14)23-7-5-15(6-8-23)22-17-4-3-16(24(25)26)9-13(17)11-19/h3-4,9-10,12,15,22H,2,5-8H2,1H3. The lowest BCUT2D eigenvalue weighted by molar-refractivity contribution is -0.384. The molecule has 2 aromatic rings. The first-order valence-electron chi connectivity index (χ1n) is 8.61. The Labute approximate surface area is 151 Å². The maximum atomic E-state index is 10.8. The van der Waals surface area contributed by atoms with Crippen LogP contribution in [0.15, 0.2) is 30.6 Å². The van der Waals surface area contributed by atoms with Crippen LogP contribution in [0.3, 0.4) is 0 Å². The number of nitro groups is 1. The lowest BCUT2D eigenvalue weighted by atomic mass is 10.0. The molecule has 26 heavy (non-hydrogen) atoms. The Kier molecular flexibility index (Phi) is 5.27. The van der Waals surface area contributed by atoms with Gasteiger partial charge in [-0.1, -0.05) is 6.92 Å². The van der Waals surface area contributed by atoms with E-state index in [1.54, 1.807) is 12.4 Å². The van der Waals surface area contributed by atoms with Crippen molar-refractivity contribution in [3.8, 4) is 6.07 Å². The van der Waals surface area contributed by atoms with Crippen molar-refractivity contribution in [1.82, 2.24) is 9.97 Å². The minimum atomic E-state index is -0.491. The third kappa shape index (κ3) is 3.88. The second kappa shape index (κ2) is 7.78. The number of aryl methyl sites for hydroxylation is 1. The molecule has 0 unspecified atom stereocenters. The fourth-order valence-corrected chi connectivity index (χ4v) is 3.09. The third-order valence-corrected chi connectivity index (χ3v) is 4.58. The maximum Gasteiger partial charge on any atom is 0.270 e. The van der Waals surface area contributed by atoms with Crippen LogP contribution in [-0.4, -0.2) is 34.0 Å². The van der Waals surface area contributed by atoms with Crippen LogP contribution < -0.4 is 10.2 Å². The third-order valence-electron chi connectivity index (χ3n) is 4.58. The van der Waals surface area contributed by atoms with E-state index in [1.165, 1.54) is 12.1 Å². The smallest absolute Gasteiger partial charge is 0.270 e. The van der Waals surface area contributed by atoms with Gasteiger partial charge in [0.15, 0.2) is 0 Å². The van der Waals surface area contributed by atoms with Crippen molar-refractivity contribution in [3.63, 3.8) is 0 Å². The van der Waals surface area contributed by atoms with Crippen LogP contribution >= 0.6 is 0 Å². The number of non-ortho nitro benzene ring substituents is 1. The summed E-state index contributed by atoms with van der Waals surface area (Å²) < 4.78 is 0. The average molecular weight is 352 g/mol. The number of nitro benzene ring substituents is 1. The molecule has 1 saturated heterocycles. The van der Waals surface area contributed by atoms with Crippen molar-refractivity contribution >= 4 is 17.2 Å². The first-order chi connectivity index (χ1) is 12.6. The summed E-state index contributed by atoms with van der Waals surface area (Å²) >= 11 is 0. The number of hydrogen-bond donors (Lipinski definition) is 1. The lowest BCUT2D eigenvalue weighted by Crippen LogP contribution is -2.39. The molecule has 8 nitrogen and oxygen atoms in total. The summed E-state index contributed by atoms with van der Waals surface area (Å²) in [6, 6.07) is 8.62. The van der Waals surface area contributed by atoms with E-state index in [2.05, 4.69) is 27.1 Å². The van der Waals surface area contributed by atoms with E-state index in [0.29, 0.717) is 11.3 Å². The monoisotopic (exact) mass is 352 g/mol. The lowest BCUT2D eigenvalue weighted by Gasteiger charge is -2.33. The predicted molar refractivity (Wildman–Crippen MR) is 98.1 cm³/mol. The van der Waals surface area contributed by atoms with Gasteiger partial charge in [-0.05, 0) is 25.3 Å². The first-order valence-corrected chi connectivity index (χ1v) is 8.61. The van der Waals surface area contributed by atoms with Gasteiger partial charge in [0.05, 0.1) is 16.2 Å². The molecule has 1 N–H and O–H groups in total. The first kappa shape index (κ1) is 17.6. The zero-order valence-corrected chi connectivity index (χ0v) is 14.6. The predicted octanol–water partition coefficient (Wildman–Crippen LogP) is 2.90. The highest BCUT2D eigenvalue weighted by molar-refractivity contribution is 5.61. The van der Waals surface area contributed by atoms with E-state index in [4.69, 9.17) is 0 Å². The zero-order chi connectivity index (χ0) is 18.5. The van der Waals surface area contributed by atoms with Crippen molar-refractivity contribution in [2.24, 2.45) is 0 Å². The summed E-state index contributed by atoms with van der Waals surface area (Å²) in [5.41, 5.74) is 1.90. The molecule has 0 radical (unpaired) electrons. The molecule has 0 saturated carbocycles. The van der Waals surface area contributed by atoms with Crippen LogP contribution in [0.5, 0.6) is 0 Å². The molecule has 1 fully saturated rings. The Morgan fingerprint density at radius 1 is 1.35 bits per heavy atom. The Hall–Kier alpha value is -3.21.